The van der Waals surface area contributed by atoms with Gasteiger partial charge in [-0.25, -0.2) is 4.79 Å². The molecule has 0 radical (unpaired) electrons. The van der Waals surface area contributed by atoms with Crippen molar-refractivity contribution in [1.82, 2.24) is 10.2 Å². The zero-order chi connectivity index (χ0) is 12.7. The fourth-order valence-electron chi connectivity index (χ4n) is 2.00. The van der Waals surface area contributed by atoms with Crippen LogP contribution in [0.25, 0.3) is 0 Å². The summed E-state index contributed by atoms with van der Waals surface area (Å²) in [6.45, 7) is 8.15. The molecule has 1 fully saturated rings. The molecule has 0 saturated carbocycles. The Labute approximate surface area is 104 Å². The Balaban J connectivity index is 2.40. The molecular weight excluding hydrogens is 218 g/mol. The van der Waals surface area contributed by atoms with Gasteiger partial charge >= 0.3 is 6.03 Å². The average molecular weight is 243 g/mol. The predicted molar refractivity (Wildman–Crippen MR) is 67.9 cm³/mol. The Hall–Kier alpha value is -0.810. The lowest BCUT2D eigenvalue weighted by Crippen LogP contribution is -2.50. The molecule has 0 aliphatic carbocycles. The van der Waals surface area contributed by atoms with E-state index in [1.807, 2.05) is 0 Å². The van der Waals surface area contributed by atoms with Crippen LogP contribution in [0.15, 0.2) is 0 Å². The molecular formula is C12H25N3O2. The van der Waals surface area contributed by atoms with E-state index in [0.717, 1.165) is 12.8 Å². The first kappa shape index (κ1) is 14.3. The maximum absolute atomic E-state index is 11.9. The zero-order valence-corrected chi connectivity index (χ0v) is 11.0. The van der Waals surface area contributed by atoms with E-state index in [9.17, 15) is 4.79 Å². The molecule has 3 N–H and O–H groups in total. The number of nitrogens with zero attached hydrogens (tertiary/aromatic N) is 1. The van der Waals surface area contributed by atoms with E-state index in [4.69, 9.17) is 10.5 Å². The number of carbonyl (C=O) groups excluding carboxylic acids is 1. The van der Waals surface area contributed by atoms with Gasteiger partial charge in [0.25, 0.3) is 0 Å². The second-order valence-electron chi connectivity index (χ2n) is 4.67. The monoisotopic (exact) mass is 243 g/mol. The quantitative estimate of drug-likeness (QED) is 0.750. The molecule has 1 aliphatic rings. The maximum atomic E-state index is 11.9. The number of morpholine rings is 1. The highest BCUT2D eigenvalue weighted by molar-refractivity contribution is 5.74. The Morgan fingerprint density at radius 3 is 2.41 bits per heavy atom. The minimum absolute atomic E-state index is 0.00743. The largest absolute Gasteiger partial charge is 0.378 e. The van der Waals surface area contributed by atoms with E-state index < -0.39 is 0 Å². The van der Waals surface area contributed by atoms with E-state index in [2.05, 4.69) is 19.2 Å². The predicted octanol–water partition coefficient (Wildman–Crippen LogP) is 0.793. The van der Waals surface area contributed by atoms with Gasteiger partial charge in [0.1, 0.15) is 0 Å². The summed E-state index contributed by atoms with van der Waals surface area (Å²) in [5.74, 6) is 0. The third-order valence-corrected chi connectivity index (χ3v) is 3.85. The van der Waals surface area contributed by atoms with Crippen molar-refractivity contribution in [3.05, 3.63) is 0 Å². The summed E-state index contributed by atoms with van der Waals surface area (Å²) >= 11 is 0. The lowest BCUT2D eigenvalue weighted by atomic mass is 9.82. The minimum Gasteiger partial charge on any atom is -0.378 e. The van der Waals surface area contributed by atoms with Crippen molar-refractivity contribution in [3.8, 4) is 0 Å². The SMILES string of the molecule is CCC(CC)(CN)CNC(=O)N1CCOCC1. The summed E-state index contributed by atoms with van der Waals surface area (Å²) in [5.41, 5.74) is 5.85. The van der Waals surface area contributed by atoms with Crippen molar-refractivity contribution in [2.75, 3.05) is 39.4 Å². The van der Waals surface area contributed by atoms with Crippen LogP contribution in [0.2, 0.25) is 0 Å². The molecule has 0 bridgehead atoms. The molecule has 2 amide bonds. The number of amides is 2. The second-order valence-corrected chi connectivity index (χ2v) is 4.67. The highest BCUT2D eigenvalue weighted by Gasteiger charge is 2.26. The normalized spacial score (nSPS) is 17.0. The van der Waals surface area contributed by atoms with E-state index in [1.54, 1.807) is 4.90 Å². The van der Waals surface area contributed by atoms with Crippen LogP contribution in [0.1, 0.15) is 26.7 Å². The Kier molecular flexibility index (Phi) is 5.71. The second kappa shape index (κ2) is 6.81. The van der Waals surface area contributed by atoms with Crippen molar-refractivity contribution in [2.45, 2.75) is 26.7 Å². The van der Waals surface area contributed by atoms with Crippen LogP contribution in [0.3, 0.4) is 0 Å². The third-order valence-electron chi connectivity index (χ3n) is 3.85. The van der Waals surface area contributed by atoms with Crippen LogP contribution in [0.4, 0.5) is 4.79 Å². The van der Waals surface area contributed by atoms with Crippen molar-refractivity contribution < 1.29 is 9.53 Å². The van der Waals surface area contributed by atoms with Crippen LogP contribution in [0.5, 0.6) is 0 Å². The van der Waals surface area contributed by atoms with Crippen molar-refractivity contribution in [2.24, 2.45) is 11.1 Å². The van der Waals surface area contributed by atoms with Crippen LogP contribution < -0.4 is 11.1 Å². The van der Waals surface area contributed by atoms with E-state index in [1.165, 1.54) is 0 Å². The molecule has 0 aromatic heterocycles. The molecule has 100 valence electrons. The Morgan fingerprint density at radius 2 is 1.94 bits per heavy atom. The molecule has 1 saturated heterocycles. The number of ether oxygens (including phenoxy) is 1. The standard InChI is InChI=1S/C12H25N3O2/c1-3-12(4-2,9-13)10-14-11(16)15-5-7-17-8-6-15/h3-10,13H2,1-2H3,(H,14,16). The van der Waals surface area contributed by atoms with Gasteiger partial charge in [0.2, 0.25) is 0 Å². The highest BCUT2D eigenvalue weighted by atomic mass is 16.5. The van der Waals surface area contributed by atoms with Gasteiger partial charge in [0, 0.05) is 19.6 Å². The first-order chi connectivity index (χ1) is 8.17. The summed E-state index contributed by atoms with van der Waals surface area (Å²) in [6, 6.07) is 0.00743. The van der Waals surface area contributed by atoms with Gasteiger partial charge in [0.15, 0.2) is 0 Å². The van der Waals surface area contributed by atoms with Gasteiger partial charge in [-0.15, -0.1) is 0 Å². The molecule has 17 heavy (non-hydrogen) atoms. The fourth-order valence-corrected chi connectivity index (χ4v) is 2.00. The molecule has 1 heterocycles. The molecule has 0 aromatic carbocycles. The van der Waals surface area contributed by atoms with Crippen molar-refractivity contribution in [1.29, 1.82) is 0 Å². The number of urea groups is 1. The average Bonchev–Trinajstić information content (AvgIpc) is 2.41. The smallest absolute Gasteiger partial charge is 0.317 e. The molecule has 5 heteroatoms. The third kappa shape index (κ3) is 3.85. The zero-order valence-electron chi connectivity index (χ0n) is 11.0. The summed E-state index contributed by atoms with van der Waals surface area (Å²) in [4.78, 5) is 13.7. The summed E-state index contributed by atoms with van der Waals surface area (Å²) in [7, 11) is 0. The summed E-state index contributed by atoms with van der Waals surface area (Å²) in [6.07, 6.45) is 1.98. The van der Waals surface area contributed by atoms with E-state index in [0.29, 0.717) is 39.4 Å². The Bertz CT molecular complexity index is 228. The lowest BCUT2D eigenvalue weighted by molar-refractivity contribution is 0.0523. The molecule has 0 unspecified atom stereocenters. The molecule has 1 aliphatic heterocycles. The lowest BCUT2D eigenvalue weighted by Gasteiger charge is -2.33. The van der Waals surface area contributed by atoms with Crippen molar-refractivity contribution >= 4 is 6.03 Å². The van der Waals surface area contributed by atoms with Gasteiger partial charge in [0.05, 0.1) is 13.2 Å². The molecule has 5 nitrogen and oxygen atoms in total. The van der Waals surface area contributed by atoms with Gasteiger partial charge in [-0.2, -0.15) is 0 Å². The topological polar surface area (TPSA) is 67.6 Å². The minimum atomic E-state index is 0.00743. The number of hydrogen-bond acceptors (Lipinski definition) is 3. The first-order valence-electron chi connectivity index (χ1n) is 6.48. The summed E-state index contributed by atoms with van der Waals surface area (Å²) in [5, 5.41) is 3.00. The van der Waals surface area contributed by atoms with Crippen LogP contribution in [-0.2, 0) is 4.74 Å². The van der Waals surface area contributed by atoms with E-state index >= 15 is 0 Å². The molecule has 0 aromatic rings. The Morgan fingerprint density at radius 1 is 1.35 bits per heavy atom. The van der Waals surface area contributed by atoms with Crippen LogP contribution in [0, 0.1) is 5.41 Å². The van der Waals surface area contributed by atoms with Gasteiger partial charge in [-0.05, 0) is 24.8 Å². The number of rotatable bonds is 5. The van der Waals surface area contributed by atoms with Crippen molar-refractivity contribution in [3.63, 3.8) is 0 Å². The maximum Gasteiger partial charge on any atom is 0.317 e. The van der Waals surface area contributed by atoms with Crippen LogP contribution >= 0.6 is 0 Å². The van der Waals surface area contributed by atoms with Crippen LogP contribution in [-0.4, -0.2) is 50.3 Å². The number of nitrogens with one attached hydrogen (secondary N) is 1. The number of nitrogens with two attached hydrogens (primary N) is 1. The molecule has 0 atom stereocenters. The van der Waals surface area contributed by atoms with Gasteiger partial charge in [-0.3, -0.25) is 0 Å². The summed E-state index contributed by atoms with van der Waals surface area (Å²) < 4.78 is 5.22. The number of carbonyl (C=O) groups is 1. The fraction of sp³-hybridized carbons (Fsp3) is 0.917. The molecule has 1 rings (SSSR count). The van der Waals surface area contributed by atoms with Gasteiger partial charge < -0.3 is 20.7 Å². The van der Waals surface area contributed by atoms with Gasteiger partial charge in [-0.1, -0.05) is 13.8 Å². The number of hydrogen-bond donors (Lipinski definition) is 2. The first-order valence-corrected chi connectivity index (χ1v) is 6.48. The highest BCUT2D eigenvalue weighted by Crippen LogP contribution is 2.23. The molecule has 0 spiro atoms. The van der Waals surface area contributed by atoms with E-state index in [-0.39, 0.29) is 11.4 Å².